The molecule has 1 aromatic carbocycles. The molecule has 1 fully saturated rings. The summed E-state index contributed by atoms with van der Waals surface area (Å²) in [7, 11) is 0. The number of halogens is 2. The Labute approximate surface area is 82.1 Å². The maximum atomic E-state index is 13.4. The fraction of sp³-hybridized carbons (Fsp3) is 0.455. The topological polar surface area (TPSA) is 12.0 Å². The summed E-state index contributed by atoms with van der Waals surface area (Å²) in [6.45, 7) is 0.941. The van der Waals surface area contributed by atoms with Crippen molar-refractivity contribution in [2.45, 2.75) is 5.92 Å². The summed E-state index contributed by atoms with van der Waals surface area (Å²) in [6, 6.07) is 6.64. The molecule has 1 saturated heterocycles. The maximum absolute atomic E-state index is 13.4. The summed E-state index contributed by atoms with van der Waals surface area (Å²) in [5, 5.41) is 3.09. The van der Waals surface area contributed by atoms with Crippen LogP contribution >= 0.6 is 0 Å². The van der Waals surface area contributed by atoms with E-state index in [2.05, 4.69) is 5.32 Å². The smallest absolute Gasteiger partial charge is 0.126 e. The van der Waals surface area contributed by atoms with E-state index in [9.17, 15) is 8.78 Å². The highest BCUT2D eigenvalue weighted by Crippen LogP contribution is 2.29. The number of alkyl halides is 1. The van der Waals surface area contributed by atoms with Gasteiger partial charge in [0.25, 0.3) is 0 Å². The van der Waals surface area contributed by atoms with E-state index in [1.807, 2.05) is 0 Å². The SMILES string of the molecule is FC[C@H]1CNC[C@@H]1c1ccccc1F. The van der Waals surface area contributed by atoms with Crippen molar-refractivity contribution < 1.29 is 8.78 Å². The van der Waals surface area contributed by atoms with Crippen LogP contribution in [0, 0.1) is 11.7 Å². The quantitative estimate of drug-likeness (QED) is 0.765. The van der Waals surface area contributed by atoms with Crippen molar-refractivity contribution in [2.75, 3.05) is 19.8 Å². The van der Waals surface area contributed by atoms with Crippen LogP contribution in [0.3, 0.4) is 0 Å². The predicted molar refractivity (Wildman–Crippen MR) is 51.5 cm³/mol. The summed E-state index contributed by atoms with van der Waals surface area (Å²) in [5.41, 5.74) is 0.639. The van der Waals surface area contributed by atoms with Crippen molar-refractivity contribution >= 4 is 0 Å². The van der Waals surface area contributed by atoms with Crippen LogP contribution in [-0.4, -0.2) is 19.8 Å². The molecule has 76 valence electrons. The summed E-state index contributed by atoms with van der Waals surface area (Å²) in [4.78, 5) is 0. The summed E-state index contributed by atoms with van der Waals surface area (Å²) >= 11 is 0. The van der Waals surface area contributed by atoms with Crippen molar-refractivity contribution in [3.05, 3.63) is 35.6 Å². The van der Waals surface area contributed by atoms with Crippen molar-refractivity contribution in [3.63, 3.8) is 0 Å². The molecule has 1 N–H and O–H groups in total. The standard InChI is InChI=1S/C11H13F2N/c12-5-8-6-14-7-10(8)9-3-1-2-4-11(9)13/h1-4,8,10,14H,5-7H2/t8-,10-/m0/s1. The zero-order chi connectivity index (χ0) is 9.97. The summed E-state index contributed by atoms with van der Waals surface area (Å²) < 4.78 is 26.0. The number of hydrogen-bond acceptors (Lipinski definition) is 1. The van der Waals surface area contributed by atoms with Crippen molar-refractivity contribution in [1.82, 2.24) is 5.32 Å². The van der Waals surface area contributed by atoms with Gasteiger partial charge in [0.05, 0.1) is 6.67 Å². The molecule has 1 nitrogen and oxygen atoms in total. The Kier molecular flexibility index (Phi) is 2.77. The molecule has 2 rings (SSSR count). The minimum absolute atomic E-state index is 0.0128. The van der Waals surface area contributed by atoms with Crippen LogP contribution in [0.4, 0.5) is 8.78 Å². The molecule has 0 radical (unpaired) electrons. The van der Waals surface area contributed by atoms with Gasteiger partial charge in [-0.15, -0.1) is 0 Å². The van der Waals surface area contributed by atoms with E-state index in [0.29, 0.717) is 18.7 Å². The van der Waals surface area contributed by atoms with E-state index in [1.165, 1.54) is 6.07 Å². The van der Waals surface area contributed by atoms with E-state index < -0.39 is 0 Å². The fourth-order valence-electron chi connectivity index (χ4n) is 2.03. The molecule has 0 aromatic heterocycles. The monoisotopic (exact) mass is 197 g/mol. The van der Waals surface area contributed by atoms with Gasteiger partial charge < -0.3 is 5.32 Å². The second-order valence-corrected chi connectivity index (χ2v) is 3.70. The molecule has 0 bridgehead atoms. The Morgan fingerprint density at radius 3 is 2.79 bits per heavy atom. The lowest BCUT2D eigenvalue weighted by molar-refractivity contribution is 0.354. The van der Waals surface area contributed by atoms with Crippen molar-refractivity contribution in [1.29, 1.82) is 0 Å². The minimum Gasteiger partial charge on any atom is -0.316 e. The first-order valence-electron chi connectivity index (χ1n) is 4.84. The first-order valence-corrected chi connectivity index (χ1v) is 4.84. The molecule has 0 amide bonds. The van der Waals surface area contributed by atoms with Crippen LogP contribution in [0.15, 0.2) is 24.3 Å². The largest absolute Gasteiger partial charge is 0.316 e. The lowest BCUT2D eigenvalue weighted by atomic mass is 9.89. The zero-order valence-corrected chi connectivity index (χ0v) is 7.84. The van der Waals surface area contributed by atoms with Crippen LogP contribution in [0.5, 0.6) is 0 Å². The molecule has 1 aromatic rings. The van der Waals surface area contributed by atoms with Crippen LogP contribution in [0.25, 0.3) is 0 Å². The molecular weight excluding hydrogens is 184 g/mol. The zero-order valence-electron chi connectivity index (χ0n) is 7.84. The Morgan fingerprint density at radius 2 is 2.07 bits per heavy atom. The van der Waals surface area contributed by atoms with Crippen molar-refractivity contribution in [2.24, 2.45) is 5.92 Å². The van der Waals surface area contributed by atoms with Gasteiger partial charge in [0.2, 0.25) is 0 Å². The van der Waals surface area contributed by atoms with Gasteiger partial charge >= 0.3 is 0 Å². The van der Waals surface area contributed by atoms with E-state index in [0.717, 1.165) is 0 Å². The number of hydrogen-bond donors (Lipinski definition) is 1. The molecule has 0 aliphatic carbocycles. The molecule has 0 spiro atoms. The van der Waals surface area contributed by atoms with Crippen molar-refractivity contribution in [3.8, 4) is 0 Å². The van der Waals surface area contributed by atoms with Gasteiger partial charge in [-0.1, -0.05) is 18.2 Å². The molecule has 14 heavy (non-hydrogen) atoms. The molecular formula is C11H13F2N. The van der Waals surface area contributed by atoms with E-state index in [-0.39, 0.29) is 24.3 Å². The summed E-state index contributed by atoms with van der Waals surface area (Å²) in [5.74, 6) is -0.312. The molecule has 1 aliphatic rings. The average molecular weight is 197 g/mol. The van der Waals surface area contributed by atoms with E-state index in [4.69, 9.17) is 0 Å². The van der Waals surface area contributed by atoms with E-state index >= 15 is 0 Å². The Balaban J connectivity index is 2.26. The van der Waals surface area contributed by atoms with E-state index in [1.54, 1.807) is 18.2 Å². The molecule has 1 aliphatic heterocycles. The third-order valence-corrected chi connectivity index (χ3v) is 2.84. The average Bonchev–Trinajstić information content (AvgIpc) is 2.66. The highest BCUT2D eigenvalue weighted by atomic mass is 19.1. The van der Waals surface area contributed by atoms with Gasteiger partial charge in [0.15, 0.2) is 0 Å². The normalized spacial score (nSPS) is 26.7. The molecule has 0 saturated carbocycles. The van der Waals surface area contributed by atoms with Gasteiger partial charge in [-0.25, -0.2) is 4.39 Å². The molecule has 3 heteroatoms. The predicted octanol–water partition coefficient (Wildman–Crippen LogP) is 2.10. The van der Waals surface area contributed by atoms with Gasteiger partial charge in [-0.05, 0) is 11.6 Å². The highest BCUT2D eigenvalue weighted by Gasteiger charge is 2.29. The fourth-order valence-corrected chi connectivity index (χ4v) is 2.03. The number of benzene rings is 1. The summed E-state index contributed by atoms with van der Waals surface area (Å²) in [6.07, 6.45) is 0. The van der Waals surface area contributed by atoms with Crippen LogP contribution in [-0.2, 0) is 0 Å². The lowest BCUT2D eigenvalue weighted by Crippen LogP contribution is -2.13. The van der Waals surface area contributed by atoms with Gasteiger partial charge in [-0.3, -0.25) is 4.39 Å². The molecule has 1 heterocycles. The first-order chi connectivity index (χ1) is 6.83. The van der Waals surface area contributed by atoms with Gasteiger partial charge in [0.1, 0.15) is 5.82 Å². The minimum atomic E-state index is -0.383. The highest BCUT2D eigenvalue weighted by molar-refractivity contribution is 5.24. The van der Waals surface area contributed by atoms with Gasteiger partial charge in [0, 0.05) is 24.9 Å². The maximum Gasteiger partial charge on any atom is 0.126 e. The molecule has 0 unspecified atom stereocenters. The van der Waals surface area contributed by atoms with Crippen LogP contribution in [0.1, 0.15) is 11.5 Å². The second kappa shape index (κ2) is 4.05. The third kappa shape index (κ3) is 1.64. The number of nitrogens with one attached hydrogen (secondary N) is 1. The first kappa shape index (κ1) is 9.59. The lowest BCUT2D eigenvalue weighted by Gasteiger charge is -2.16. The number of rotatable bonds is 2. The van der Waals surface area contributed by atoms with Gasteiger partial charge in [-0.2, -0.15) is 0 Å². The Hall–Kier alpha value is -0.960. The third-order valence-electron chi connectivity index (χ3n) is 2.84. The van der Waals surface area contributed by atoms with Crippen LogP contribution < -0.4 is 5.32 Å². The molecule has 2 atom stereocenters. The van der Waals surface area contributed by atoms with Crippen LogP contribution in [0.2, 0.25) is 0 Å². The Morgan fingerprint density at radius 1 is 1.29 bits per heavy atom. The second-order valence-electron chi connectivity index (χ2n) is 3.70. The Bertz CT molecular complexity index is 314.